The maximum Gasteiger partial charge on any atom is 0.414 e. The third-order valence-electron chi connectivity index (χ3n) is 2.39. The molecule has 0 bridgehead atoms. The van der Waals surface area contributed by atoms with Crippen LogP contribution in [0.5, 0.6) is 0 Å². The standard InChI is InChI=1S/C11H22N4O2/c1-11(2,3)17-10(16)14-7-4-5-9(14)6-8-15(12)13/h4,7,9H,5-6,8,12-13H2,1-3H3/t9-/m0/s1. The van der Waals surface area contributed by atoms with E-state index in [0.29, 0.717) is 6.54 Å². The number of hydrazine groups is 2. The fraction of sp³-hybridized carbons (Fsp3) is 0.727. The molecule has 4 N–H and O–H groups in total. The van der Waals surface area contributed by atoms with Crippen LogP contribution in [0, 0.1) is 0 Å². The van der Waals surface area contributed by atoms with E-state index < -0.39 is 5.60 Å². The van der Waals surface area contributed by atoms with Gasteiger partial charge in [-0.25, -0.2) is 4.79 Å². The summed E-state index contributed by atoms with van der Waals surface area (Å²) in [5.41, 5.74) is -0.480. The Morgan fingerprint density at radius 1 is 1.53 bits per heavy atom. The first kappa shape index (κ1) is 14.0. The zero-order chi connectivity index (χ0) is 13.1. The Balaban J connectivity index is 2.50. The molecule has 0 unspecified atom stereocenters. The lowest BCUT2D eigenvalue weighted by Crippen LogP contribution is -2.43. The first-order valence-corrected chi connectivity index (χ1v) is 5.74. The maximum absolute atomic E-state index is 11.9. The van der Waals surface area contributed by atoms with Gasteiger partial charge in [-0.1, -0.05) is 6.08 Å². The van der Waals surface area contributed by atoms with Crippen molar-refractivity contribution >= 4 is 6.09 Å². The fourth-order valence-corrected chi connectivity index (χ4v) is 1.65. The number of carbonyl (C=O) groups excluding carboxylic acids is 1. The van der Waals surface area contributed by atoms with E-state index in [1.54, 1.807) is 11.1 Å². The molecule has 0 aromatic heterocycles. The summed E-state index contributed by atoms with van der Waals surface area (Å²) in [6, 6.07) is 0.0828. The van der Waals surface area contributed by atoms with Crippen molar-refractivity contribution in [3.05, 3.63) is 12.3 Å². The van der Waals surface area contributed by atoms with Crippen molar-refractivity contribution < 1.29 is 9.53 Å². The molecule has 98 valence electrons. The van der Waals surface area contributed by atoms with Gasteiger partial charge in [-0.3, -0.25) is 16.6 Å². The number of nitrogens with zero attached hydrogens (tertiary/aromatic N) is 2. The largest absolute Gasteiger partial charge is 0.443 e. The van der Waals surface area contributed by atoms with Crippen LogP contribution in [0.4, 0.5) is 4.79 Å². The van der Waals surface area contributed by atoms with E-state index in [9.17, 15) is 4.79 Å². The van der Waals surface area contributed by atoms with Gasteiger partial charge in [0.15, 0.2) is 0 Å². The van der Waals surface area contributed by atoms with Gasteiger partial charge in [0, 0.05) is 18.8 Å². The highest BCUT2D eigenvalue weighted by molar-refractivity contribution is 5.70. The SMILES string of the molecule is CC(C)(C)OC(=O)N1C=CC[C@H]1CCN(N)N. The average Bonchev–Trinajstić information content (AvgIpc) is 2.59. The molecule has 1 aliphatic rings. The Bertz CT molecular complexity index is 296. The normalized spacial score (nSPS) is 20.1. The monoisotopic (exact) mass is 242 g/mol. The summed E-state index contributed by atoms with van der Waals surface area (Å²) in [6.07, 6.45) is 4.92. The van der Waals surface area contributed by atoms with Gasteiger partial charge in [-0.15, -0.1) is 0 Å². The molecule has 0 spiro atoms. The number of hydrogen-bond donors (Lipinski definition) is 2. The van der Waals surface area contributed by atoms with Crippen LogP contribution < -0.4 is 11.7 Å². The van der Waals surface area contributed by atoms with Crippen LogP contribution in [-0.4, -0.2) is 34.3 Å². The molecular weight excluding hydrogens is 220 g/mol. The van der Waals surface area contributed by atoms with E-state index in [-0.39, 0.29) is 12.1 Å². The van der Waals surface area contributed by atoms with Gasteiger partial charge >= 0.3 is 6.09 Å². The molecule has 1 amide bonds. The van der Waals surface area contributed by atoms with Crippen LogP contribution in [0.25, 0.3) is 0 Å². The summed E-state index contributed by atoms with van der Waals surface area (Å²) in [6.45, 7) is 6.08. The van der Waals surface area contributed by atoms with Crippen LogP contribution in [0.3, 0.4) is 0 Å². The first-order chi connectivity index (χ1) is 7.79. The smallest absolute Gasteiger partial charge is 0.414 e. The van der Waals surface area contributed by atoms with Crippen molar-refractivity contribution in [1.29, 1.82) is 0 Å². The van der Waals surface area contributed by atoms with Gasteiger partial charge in [0.05, 0.1) is 0 Å². The molecule has 0 aromatic rings. The molecule has 6 nitrogen and oxygen atoms in total. The molecule has 0 fully saturated rings. The minimum absolute atomic E-state index is 0.0828. The highest BCUT2D eigenvalue weighted by Gasteiger charge is 2.28. The molecule has 0 saturated heterocycles. The zero-order valence-corrected chi connectivity index (χ0v) is 10.7. The molecule has 0 aromatic carbocycles. The molecule has 17 heavy (non-hydrogen) atoms. The first-order valence-electron chi connectivity index (χ1n) is 5.74. The molecule has 0 radical (unpaired) electrons. The average molecular weight is 242 g/mol. The van der Waals surface area contributed by atoms with E-state index in [0.717, 1.165) is 18.0 Å². The van der Waals surface area contributed by atoms with Crippen molar-refractivity contribution in [2.45, 2.75) is 45.3 Å². The molecule has 1 aliphatic heterocycles. The number of ether oxygens (including phenoxy) is 1. The van der Waals surface area contributed by atoms with Crippen molar-refractivity contribution in [2.75, 3.05) is 6.54 Å². The Morgan fingerprint density at radius 2 is 2.18 bits per heavy atom. The van der Waals surface area contributed by atoms with Gasteiger partial charge in [0.1, 0.15) is 5.60 Å². The molecule has 1 heterocycles. The fourth-order valence-electron chi connectivity index (χ4n) is 1.65. The van der Waals surface area contributed by atoms with Gasteiger partial charge in [0.2, 0.25) is 0 Å². The van der Waals surface area contributed by atoms with E-state index in [1.165, 1.54) is 0 Å². The second-order valence-corrected chi connectivity index (χ2v) is 5.19. The summed E-state index contributed by atoms with van der Waals surface area (Å²) < 4.78 is 5.32. The molecule has 6 heteroatoms. The van der Waals surface area contributed by atoms with Crippen LogP contribution in [-0.2, 0) is 4.74 Å². The summed E-state index contributed by atoms with van der Waals surface area (Å²) in [5, 5.41) is 1.13. The summed E-state index contributed by atoms with van der Waals surface area (Å²) in [4.78, 5) is 13.5. The van der Waals surface area contributed by atoms with Crippen LogP contribution in [0.15, 0.2) is 12.3 Å². The van der Waals surface area contributed by atoms with E-state index in [4.69, 9.17) is 16.4 Å². The number of nitrogens with two attached hydrogens (primary N) is 2. The third kappa shape index (κ3) is 4.72. The number of rotatable bonds is 3. The highest BCUT2D eigenvalue weighted by Crippen LogP contribution is 2.21. The predicted molar refractivity (Wildman–Crippen MR) is 65.3 cm³/mol. The van der Waals surface area contributed by atoms with Crippen molar-refractivity contribution in [1.82, 2.24) is 10.0 Å². The van der Waals surface area contributed by atoms with Crippen LogP contribution in [0.1, 0.15) is 33.6 Å². The summed E-state index contributed by atoms with van der Waals surface area (Å²) in [5.74, 6) is 10.7. The Hall–Kier alpha value is -1.11. The molecule has 1 atom stereocenters. The summed E-state index contributed by atoms with van der Waals surface area (Å²) >= 11 is 0. The predicted octanol–water partition coefficient (Wildman–Crippen LogP) is 0.949. The zero-order valence-electron chi connectivity index (χ0n) is 10.7. The number of hydrogen-bond acceptors (Lipinski definition) is 5. The van der Waals surface area contributed by atoms with Crippen molar-refractivity contribution in [3.8, 4) is 0 Å². The third-order valence-corrected chi connectivity index (χ3v) is 2.39. The van der Waals surface area contributed by atoms with E-state index in [2.05, 4.69) is 0 Å². The van der Waals surface area contributed by atoms with Gasteiger partial charge in [-0.2, -0.15) is 5.12 Å². The maximum atomic E-state index is 11.9. The molecule has 0 saturated carbocycles. The lowest BCUT2D eigenvalue weighted by Gasteiger charge is -2.28. The van der Waals surface area contributed by atoms with Gasteiger partial charge < -0.3 is 4.74 Å². The Morgan fingerprint density at radius 3 is 2.71 bits per heavy atom. The second-order valence-electron chi connectivity index (χ2n) is 5.19. The molecular formula is C11H22N4O2. The lowest BCUT2D eigenvalue weighted by molar-refractivity contribution is 0.0275. The van der Waals surface area contributed by atoms with E-state index >= 15 is 0 Å². The minimum Gasteiger partial charge on any atom is -0.443 e. The van der Waals surface area contributed by atoms with Crippen molar-refractivity contribution in [2.24, 2.45) is 11.7 Å². The van der Waals surface area contributed by atoms with Gasteiger partial charge in [-0.05, 0) is 33.6 Å². The topological polar surface area (TPSA) is 84.8 Å². The number of amides is 1. The minimum atomic E-state index is -0.480. The molecule has 1 rings (SSSR count). The Labute approximate surface area is 102 Å². The van der Waals surface area contributed by atoms with Crippen LogP contribution >= 0.6 is 0 Å². The lowest BCUT2D eigenvalue weighted by atomic mass is 10.1. The van der Waals surface area contributed by atoms with Crippen LogP contribution in [0.2, 0.25) is 0 Å². The van der Waals surface area contributed by atoms with Crippen molar-refractivity contribution in [3.63, 3.8) is 0 Å². The number of carbonyl (C=O) groups is 1. The molecule has 0 aliphatic carbocycles. The highest BCUT2D eigenvalue weighted by atomic mass is 16.6. The van der Waals surface area contributed by atoms with E-state index in [1.807, 2.05) is 26.8 Å². The quantitative estimate of drug-likeness (QED) is 0.568. The Kier molecular flexibility index (Phi) is 4.50. The summed E-state index contributed by atoms with van der Waals surface area (Å²) in [7, 11) is 0. The van der Waals surface area contributed by atoms with Gasteiger partial charge in [0.25, 0.3) is 0 Å². The second kappa shape index (κ2) is 5.48.